The van der Waals surface area contributed by atoms with Gasteiger partial charge in [0.25, 0.3) is 0 Å². The number of likely N-dealkylation sites (tertiary alicyclic amines) is 1. The second-order valence-corrected chi connectivity index (χ2v) is 8.38. The van der Waals surface area contributed by atoms with Gasteiger partial charge in [-0.1, -0.05) is 18.3 Å². The van der Waals surface area contributed by atoms with Crippen LogP contribution in [0.15, 0.2) is 12.1 Å². The van der Waals surface area contributed by atoms with Crippen LogP contribution in [0.25, 0.3) is 0 Å². The highest BCUT2D eigenvalue weighted by atomic mass is 16.6. The number of fused-ring (bicyclic) bond motifs is 3. The van der Waals surface area contributed by atoms with Gasteiger partial charge >= 0.3 is 12.7 Å². The lowest BCUT2D eigenvalue weighted by molar-refractivity contribution is -0.142. The molecule has 3 unspecified atom stereocenters. The van der Waals surface area contributed by atoms with Crippen LogP contribution in [-0.2, 0) is 4.79 Å². The van der Waals surface area contributed by atoms with Crippen molar-refractivity contribution in [1.29, 1.82) is 0 Å². The van der Waals surface area contributed by atoms with E-state index in [2.05, 4.69) is 5.32 Å². The molecular weight excluding hydrogens is 383 g/mol. The molecule has 0 spiro atoms. The molecule has 4 atom stereocenters. The molecule has 1 saturated carbocycles. The van der Waals surface area contributed by atoms with Crippen molar-refractivity contribution in [2.75, 3.05) is 19.6 Å². The highest BCUT2D eigenvalue weighted by Gasteiger charge is 2.55. The summed E-state index contributed by atoms with van der Waals surface area (Å²) in [6.07, 6.45) is 0.0178. The monoisotopic (exact) mass is 405 g/mol. The molecule has 4 aliphatic rings. The van der Waals surface area contributed by atoms with Crippen LogP contribution in [0.4, 0.5) is 0 Å². The average molecular weight is 405 g/mol. The van der Waals surface area contributed by atoms with E-state index in [0.29, 0.717) is 38.0 Å². The van der Waals surface area contributed by atoms with Gasteiger partial charge in [-0.2, -0.15) is 0 Å². The molecular formula is C18H22BN2O8-. The van der Waals surface area contributed by atoms with Crippen molar-refractivity contribution in [2.45, 2.75) is 42.8 Å². The maximum absolute atomic E-state index is 12.4. The molecule has 3 heterocycles. The minimum Gasteiger partial charge on any atom is -0.669 e. The molecule has 1 amide bonds. The lowest BCUT2D eigenvalue weighted by Crippen LogP contribution is -2.59. The van der Waals surface area contributed by atoms with Crippen LogP contribution < -0.4 is 14.7 Å². The first kappa shape index (κ1) is 18.7. The van der Waals surface area contributed by atoms with E-state index in [1.807, 2.05) is 0 Å². The summed E-state index contributed by atoms with van der Waals surface area (Å²) in [5.41, 5.74) is 0.421. The Bertz CT molecular complexity index is 887. The van der Waals surface area contributed by atoms with E-state index >= 15 is 0 Å². The number of aliphatic hydroxyl groups is 1. The quantitative estimate of drug-likeness (QED) is 0.393. The first-order valence-electron chi connectivity index (χ1n) is 9.80. The van der Waals surface area contributed by atoms with E-state index in [0.717, 1.165) is 0 Å². The molecule has 11 heteroatoms. The summed E-state index contributed by atoms with van der Waals surface area (Å²) in [4.78, 5) is 25.9. The van der Waals surface area contributed by atoms with Crippen molar-refractivity contribution in [3.8, 4) is 11.5 Å². The standard InChI is InChI=1S/C18H22BN2O8/c22-8-3-13(20-5-8)17(23)21-6-9(7-21)28-14-2-1-10-11-4-12(11)19(26,27)29-16(10)15(14)18(24)25/h1-2,8-9,11-13,20,22,26-27H,3-7H2,(H,24,25)/q-1/t8?,11?,12?,13-/m0/s1. The van der Waals surface area contributed by atoms with Crippen LogP contribution >= 0.6 is 0 Å². The van der Waals surface area contributed by atoms with Crippen LogP contribution in [0.2, 0.25) is 5.82 Å². The molecule has 0 radical (unpaired) electrons. The highest BCUT2D eigenvalue weighted by molar-refractivity contribution is 6.62. The Hall–Kier alpha value is -2.34. The average Bonchev–Trinajstić information content (AvgIpc) is 3.32. The smallest absolute Gasteiger partial charge is 0.434 e. The van der Waals surface area contributed by atoms with Crippen LogP contribution in [0.3, 0.4) is 0 Å². The van der Waals surface area contributed by atoms with Crippen molar-refractivity contribution in [3.63, 3.8) is 0 Å². The molecule has 5 N–H and O–H groups in total. The number of carbonyl (C=O) groups is 2. The van der Waals surface area contributed by atoms with E-state index < -0.39 is 30.7 Å². The van der Waals surface area contributed by atoms with Gasteiger partial charge in [-0.15, -0.1) is 0 Å². The number of nitrogens with one attached hydrogen (secondary N) is 1. The molecule has 0 aromatic heterocycles. The topological polar surface area (TPSA) is 149 Å². The zero-order valence-electron chi connectivity index (χ0n) is 15.5. The maximum atomic E-state index is 12.4. The molecule has 10 nitrogen and oxygen atoms in total. The fourth-order valence-electron chi connectivity index (χ4n) is 4.61. The number of amides is 1. The fraction of sp³-hybridized carbons (Fsp3) is 0.556. The number of aromatic carboxylic acids is 1. The zero-order chi connectivity index (χ0) is 20.5. The second kappa shape index (κ2) is 6.33. The first-order chi connectivity index (χ1) is 13.7. The van der Waals surface area contributed by atoms with Crippen molar-refractivity contribution >= 4 is 18.6 Å². The van der Waals surface area contributed by atoms with Gasteiger partial charge < -0.3 is 39.9 Å². The number of carbonyl (C=O) groups excluding carboxylic acids is 1. The van der Waals surface area contributed by atoms with Gasteiger partial charge in [0.05, 0.1) is 31.0 Å². The summed E-state index contributed by atoms with van der Waals surface area (Å²) < 4.78 is 11.1. The Morgan fingerprint density at radius 2 is 2.00 bits per heavy atom. The van der Waals surface area contributed by atoms with Crippen molar-refractivity contribution < 1.29 is 39.2 Å². The van der Waals surface area contributed by atoms with Gasteiger partial charge in [0.15, 0.2) is 0 Å². The number of ether oxygens (including phenoxy) is 1. The van der Waals surface area contributed by atoms with Crippen LogP contribution in [0.1, 0.15) is 34.7 Å². The number of β-amino-alcohol motifs (C(OH)–C–C–N with tert-alkyl or cyclic N) is 1. The molecule has 0 bridgehead atoms. The zero-order valence-corrected chi connectivity index (χ0v) is 15.5. The Kier molecular flexibility index (Phi) is 4.08. The van der Waals surface area contributed by atoms with Crippen molar-refractivity contribution in [2.24, 2.45) is 0 Å². The number of carboxylic acid groups (broad SMARTS) is 1. The van der Waals surface area contributed by atoms with E-state index in [1.54, 1.807) is 17.0 Å². The molecule has 5 rings (SSSR count). The summed E-state index contributed by atoms with van der Waals surface area (Å²) in [5, 5.41) is 42.4. The predicted octanol–water partition coefficient (Wildman–Crippen LogP) is -1.13. The molecule has 29 heavy (non-hydrogen) atoms. The number of hydrogen-bond donors (Lipinski definition) is 5. The van der Waals surface area contributed by atoms with Crippen LogP contribution in [-0.4, -0.2) is 81.7 Å². The Morgan fingerprint density at radius 3 is 2.66 bits per heavy atom. The maximum Gasteiger partial charge on any atom is 0.434 e. The first-order valence-corrected chi connectivity index (χ1v) is 9.80. The molecule has 156 valence electrons. The molecule has 3 fully saturated rings. The van der Waals surface area contributed by atoms with Crippen molar-refractivity contribution in [1.82, 2.24) is 10.2 Å². The SMILES string of the molecule is O=C(O)c1c(OC2CN(C(=O)[C@@H]3CC(O)CN3)C2)ccc2c1O[B-](O)(O)C1CC21. The third-order valence-electron chi connectivity index (χ3n) is 6.31. The Labute approximate surface area is 166 Å². The van der Waals surface area contributed by atoms with E-state index in [9.17, 15) is 29.9 Å². The molecule has 1 aromatic carbocycles. The van der Waals surface area contributed by atoms with Gasteiger partial charge in [-0.05, 0) is 24.0 Å². The van der Waals surface area contributed by atoms with Gasteiger partial charge in [0.1, 0.15) is 17.4 Å². The number of carboxylic acids is 1. The third-order valence-corrected chi connectivity index (χ3v) is 6.31. The highest BCUT2D eigenvalue weighted by Crippen LogP contribution is 2.63. The lowest BCUT2D eigenvalue weighted by atomic mass is 9.68. The lowest BCUT2D eigenvalue weighted by Gasteiger charge is -2.41. The molecule has 1 aromatic rings. The predicted molar refractivity (Wildman–Crippen MR) is 98.7 cm³/mol. The normalized spacial score (nSPS) is 31.9. The summed E-state index contributed by atoms with van der Waals surface area (Å²) in [6.45, 7) is -2.09. The summed E-state index contributed by atoms with van der Waals surface area (Å²) in [6, 6.07) is 2.86. The molecule has 3 aliphatic heterocycles. The fourth-order valence-corrected chi connectivity index (χ4v) is 4.61. The van der Waals surface area contributed by atoms with Crippen LogP contribution in [0.5, 0.6) is 11.5 Å². The number of nitrogens with zero attached hydrogens (tertiary/aromatic N) is 1. The Balaban J connectivity index is 1.30. The summed E-state index contributed by atoms with van der Waals surface area (Å²) in [5.74, 6) is -1.87. The summed E-state index contributed by atoms with van der Waals surface area (Å²) >= 11 is 0. The molecule has 2 saturated heterocycles. The number of aliphatic hydroxyl groups excluding tert-OH is 1. The molecule has 1 aliphatic carbocycles. The third kappa shape index (κ3) is 3.05. The van der Waals surface area contributed by atoms with E-state index in [4.69, 9.17) is 9.39 Å². The van der Waals surface area contributed by atoms with Gasteiger partial charge in [-0.25, -0.2) is 4.79 Å². The van der Waals surface area contributed by atoms with Gasteiger partial charge in [-0.3, -0.25) is 4.79 Å². The minimum atomic E-state index is -3.09. The van der Waals surface area contributed by atoms with Crippen LogP contribution in [0, 0.1) is 0 Å². The Morgan fingerprint density at radius 1 is 1.24 bits per heavy atom. The minimum absolute atomic E-state index is 0.0462. The second-order valence-electron chi connectivity index (χ2n) is 8.38. The van der Waals surface area contributed by atoms with Gasteiger partial charge in [0.2, 0.25) is 5.91 Å². The largest absolute Gasteiger partial charge is 0.669 e. The summed E-state index contributed by atoms with van der Waals surface area (Å²) in [7, 11) is 0. The number of rotatable bonds is 4. The van der Waals surface area contributed by atoms with Crippen molar-refractivity contribution in [3.05, 3.63) is 23.3 Å². The number of hydrogen-bond acceptors (Lipinski definition) is 8. The van der Waals surface area contributed by atoms with E-state index in [-0.39, 0.29) is 35.0 Å². The van der Waals surface area contributed by atoms with E-state index in [1.165, 1.54) is 0 Å². The number of benzene rings is 1. The van der Waals surface area contributed by atoms with Gasteiger partial charge in [0, 0.05) is 6.54 Å².